The third-order valence-electron chi connectivity index (χ3n) is 3.54. The summed E-state index contributed by atoms with van der Waals surface area (Å²) >= 11 is 5.94. The molecule has 2 rings (SSSR count). The second-order valence-electron chi connectivity index (χ2n) is 5.23. The Labute approximate surface area is 133 Å². The molecule has 1 aromatic carbocycles. The number of carbonyl (C=O) groups is 2. The lowest BCUT2D eigenvalue weighted by molar-refractivity contribution is -0.143. The highest BCUT2D eigenvalue weighted by atomic mass is 35.5. The van der Waals surface area contributed by atoms with Crippen LogP contribution in [0.5, 0.6) is 0 Å². The predicted molar refractivity (Wildman–Crippen MR) is 82.9 cm³/mol. The number of hydrogen-bond donors (Lipinski definition) is 2. The van der Waals surface area contributed by atoms with Crippen LogP contribution in [0, 0.1) is 5.92 Å². The first-order valence-electron chi connectivity index (χ1n) is 7.00. The molecule has 22 heavy (non-hydrogen) atoms. The Kier molecular flexibility index (Phi) is 5.57. The van der Waals surface area contributed by atoms with Crippen LogP contribution in [0.25, 0.3) is 0 Å². The van der Waals surface area contributed by atoms with Gasteiger partial charge in [0.15, 0.2) is 6.04 Å². The van der Waals surface area contributed by atoms with Crippen molar-refractivity contribution in [2.75, 3.05) is 13.2 Å². The highest BCUT2D eigenvalue weighted by molar-refractivity contribution is 6.30. The molecule has 3 unspecified atom stereocenters. The number of carboxylic acid groups (broad SMARTS) is 1. The summed E-state index contributed by atoms with van der Waals surface area (Å²) in [6.07, 6.45) is 2.23. The maximum atomic E-state index is 12.1. The molecule has 5 nitrogen and oxygen atoms in total. The lowest BCUT2D eigenvalue weighted by atomic mass is 10.1. The lowest BCUT2D eigenvalue weighted by Crippen LogP contribution is -2.44. The maximum Gasteiger partial charge on any atom is 0.328 e. The molecule has 2 N–H and O–H groups in total. The number of rotatable bonds is 8. The normalized spacial score (nSPS) is 21.0. The van der Waals surface area contributed by atoms with E-state index in [9.17, 15) is 9.59 Å². The zero-order valence-corrected chi connectivity index (χ0v) is 12.8. The molecule has 1 fully saturated rings. The third-order valence-corrected chi connectivity index (χ3v) is 3.77. The number of benzene rings is 1. The van der Waals surface area contributed by atoms with Crippen molar-refractivity contribution in [1.82, 2.24) is 5.32 Å². The Morgan fingerprint density at radius 3 is 2.95 bits per heavy atom. The Balaban J connectivity index is 1.89. The number of nitrogens with one attached hydrogen (secondary N) is 1. The Morgan fingerprint density at radius 1 is 1.55 bits per heavy atom. The van der Waals surface area contributed by atoms with Gasteiger partial charge in [0, 0.05) is 10.9 Å². The van der Waals surface area contributed by atoms with Crippen molar-refractivity contribution in [2.24, 2.45) is 5.92 Å². The number of amides is 1. The van der Waals surface area contributed by atoms with Crippen LogP contribution in [0.15, 0.2) is 36.9 Å². The summed E-state index contributed by atoms with van der Waals surface area (Å²) in [5, 5.41) is 12.3. The van der Waals surface area contributed by atoms with Gasteiger partial charge in [-0.25, -0.2) is 4.79 Å². The van der Waals surface area contributed by atoms with Gasteiger partial charge in [-0.1, -0.05) is 29.8 Å². The van der Waals surface area contributed by atoms with Gasteiger partial charge in [-0.05, 0) is 30.0 Å². The van der Waals surface area contributed by atoms with Crippen LogP contribution < -0.4 is 5.32 Å². The van der Waals surface area contributed by atoms with Crippen LogP contribution in [0.1, 0.15) is 17.9 Å². The van der Waals surface area contributed by atoms with Gasteiger partial charge in [0.25, 0.3) is 0 Å². The van der Waals surface area contributed by atoms with Crippen molar-refractivity contribution < 1.29 is 19.4 Å². The molecule has 1 aliphatic rings. The summed E-state index contributed by atoms with van der Waals surface area (Å²) in [4.78, 5) is 23.3. The van der Waals surface area contributed by atoms with Crippen molar-refractivity contribution in [3.63, 3.8) is 0 Å². The number of carboxylic acids is 1. The fourth-order valence-corrected chi connectivity index (χ4v) is 2.51. The molecule has 0 aliphatic heterocycles. The molecule has 6 heteroatoms. The van der Waals surface area contributed by atoms with Crippen molar-refractivity contribution in [3.05, 3.63) is 47.5 Å². The first-order chi connectivity index (χ1) is 10.5. The molecule has 1 amide bonds. The summed E-state index contributed by atoms with van der Waals surface area (Å²) in [6.45, 7) is 3.64. The first-order valence-corrected chi connectivity index (χ1v) is 7.38. The molecule has 1 saturated carbocycles. The van der Waals surface area contributed by atoms with Crippen molar-refractivity contribution in [3.8, 4) is 0 Å². The minimum absolute atomic E-state index is 0.0817. The van der Waals surface area contributed by atoms with E-state index >= 15 is 0 Å². The summed E-state index contributed by atoms with van der Waals surface area (Å²) in [5.41, 5.74) is 1.00. The maximum absolute atomic E-state index is 12.1. The molecule has 3 atom stereocenters. The highest BCUT2D eigenvalue weighted by Crippen LogP contribution is 2.47. The van der Waals surface area contributed by atoms with E-state index < -0.39 is 12.0 Å². The zero-order chi connectivity index (χ0) is 16.1. The van der Waals surface area contributed by atoms with Crippen molar-refractivity contribution in [1.29, 1.82) is 0 Å². The van der Waals surface area contributed by atoms with Gasteiger partial charge >= 0.3 is 5.97 Å². The second kappa shape index (κ2) is 7.42. The fourth-order valence-electron chi connectivity index (χ4n) is 2.31. The molecule has 118 valence electrons. The average molecular weight is 324 g/mol. The average Bonchev–Trinajstić information content (AvgIpc) is 3.26. The van der Waals surface area contributed by atoms with Gasteiger partial charge in [-0.3, -0.25) is 4.79 Å². The van der Waals surface area contributed by atoms with E-state index in [0.29, 0.717) is 11.4 Å². The van der Waals surface area contributed by atoms with Crippen LogP contribution in [0.2, 0.25) is 5.02 Å². The molecular weight excluding hydrogens is 306 g/mol. The van der Waals surface area contributed by atoms with Crippen LogP contribution in [-0.4, -0.2) is 36.2 Å². The SMILES string of the molecule is C=CCOCC(NC(=O)C1CC1c1cccc(Cl)c1)C(=O)O. The topological polar surface area (TPSA) is 75.6 Å². The smallest absolute Gasteiger partial charge is 0.328 e. The molecule has 0 bridgehead atoms. The monoisotopic (exact) mass is 323 g/mol. The Bertz CT molecular complexity index is 575. The second-order valence-corrected chi connectivity index (χ2v) is 5.67. The van der Waals surface area contributed by atoms with Gasteiger partial charge in [-0.2, -0.15) is 0 Å². The molecule has 0 radical (unpaired) electrons. The molecule has 0 saturated heterocycles. The van der Waals surface area contributed by atoms with E-state index in [2.05, 4.69) is 11.9 Å². The van der Waals surface area contributed by atoms with E-state index in [1.807, 2.05) is 18.2 Å². The zero-order valence-electron chi connectivity index (χ0n) is 12.0. The van der Waals surface area contributed by atoms with E-state index in [1.54, 1.807) is 6.07 Å². The highest BCUT2D eigenvalue weighted by Gasteiger charge is 2.44. The minimum Gasteiger partial charge on any atom is -0.480 e. The number of halogens is 1. The van der Waals surface area contributed by atoms with Crippen molar-refractivity contribution >= 4 is 23.5 Å². The predicted octanol–water partition coefficient (Wildman–Crippen LogP) is 2.22. The number of hydrogen-bond acceptors (Lipinski definition) is 3. The van der Waals surface area contributed by atoms with E-state index in [4.69, 9.17) is 21.4 Å². The van der Waals surface area contributed by atoms with Crippen LogP contribution in [-0.2, 0) is 14.3 Å². The van der Waals surface area contributed by atoms with Crippen LogP contribution in [0.4, 0.5) is 0 Å². The molecule has 1 aromatic rings. The number of ether oxygens (including phenoxy) is 1. The van der Waals surface area contributed by atoms with Gasteiger partial charge in [-0.15, -0.1) is 6.58 Å². The van der Waals surface area contributed by atoms with E-state index in [1.165, 1.54) is 6.08 Å². The first kappa shape index (κ1) is 16.5. The van der Waals surface area contributed by atoms with Gasteiger partial charge < -0.3 is 15.2 Å². The minimum atomic E-state index is -1.11. The fraction of sp³-hybridized carbons (Fsp3) is 0.375. The standard InChI is InChI=1S/C16H18ClNO4/c1-2-6-22-9-14(16(20)21)18-15(19)13-8-12(13)10-4-3-5-11(17)7-10/h2-5,7,12-14H,1,6,8-9H2,(H,18,19)(H,20,21). The summed E-state index contributed by atoms with van der Waals surface area (Å²) in [5.74, 6) is -1.49. The Hall–Kier alpha value is -1.85. The molecule has 0 heterocycles. The van der Waals surface area contributed by atoms with Gasteiger partial charge in [0.1, 0.15) is 0 Å². The largest absolute Gasteiger partial charge is 0.480 e. The molecule has 1 aliphatic carbocycles. The molecular formula is C16H18ClNO4. The van der Waals surface area contributed by atoms with E-state index in [-0.39, 0.29) is 31.0 Å². The van der Waals surface area contributed by atoms with Gasteiger partial charge in [0.2, 0.25) is 5.91 Å². The summed E-state index contributed by atoms with van der Waals surface area (Å²) < 4.78 is 5.10. The number of aliphatic carboxylic acids is 1. The quantitative estimate of drug-likeness (QED) is 0.568. The third kappa shape index (κ3) is 4.32. The summed E-state index contributed by atoms with van der Waals surface area (Å²) in [6, 6.07) is 6.33. The molecule has 0 aromatic heterocycles. The Morgan fingerprint density at radius 2 is 2.32 bits per heavy atom. The summed E-state index contributed by atoms with van der Waals surface area (Å²) in [7, 11) is 0. The van der Waals surface area contributed by atoms with Crippen molar-refractivity contribution in [2.45, 2.75) is 18.4 Å². The van der Waals surface area contributed by atoms with Crippen LogP contribution in [0.3, 0.4) is 0 Å². The van der Waals surface area contributed by atoms with E-state index in [0.717, 1.165) is 5.56 Å². The number of carbonyl (C=O) groups excluding carboxylic acids is 1. The van der Waals surface area contributed by atoms with Crippen LogP contribution >= 0.6 is 11.6 Å². The molecule has 0 spiro atoms. The van der Waals surface area contributed by atoms with Gasteiger partial charge in [0.05, 0.1) is 13.2 Å². The lowest BCUT2D eigenvalue weighted by Gasteiger charge is -2.14.